The average molecular weight is 411 g/mol. The topological polar surface area (TPSA) is 67.9 Å². The molecule has 0 radical (unpaired) electrons. The van der Waals surface area contributed by atoms with Crippen molar-refractivity contribution in [3.8, 4) is 11.5 Å². The summed E-state index contributed by atoms with van der Waals surface area (Å²) in [5, 5.41) is 3.00. The molecule has 0 saturated carbocycles. The number of nitrogens with zero attached hydrogens (tertiary/aromatic N) is 1. The lowest BCUT2D eigenvalue weighted by Gasteiger charge is -2.32. The second kappa shape index (κ2) is 9.65. The van der Waals surface area contributed by atoms with E-state index < -0.39 is 0 Å². The largest absolute Gasteiger partial charge is 0.497 e. The Labute approximate surface area is 178 Å². The van der Waals surface area contributed by atoms with Crippen molar-refractivity contribution in [2.75, 3.05) is 27.3 Å². The summed E-state index contributed by atoms with van der Waals surface area (Å²) >= 11 is 0. The molecule has 1 atom stereocenters. The molecule has 0 aromatic heterocycles. The Hall–Kier alpha value is -3.02. The molecule has 6 nitrogen and oxygen atoms in total. The predicted molar refractivity (Wildman–Crippen MR) is 116 cm³/mol. The van der Waals surface area contributed by atoms with Crippen LogP contribution in [0, 0.1) is 19.8 Å². The number of amides is 2. The number of carbonyl (C=O) groups excluding carboxylic acids is 2. The number of benzene rings is 2. The Morgan fingerprint density at radius 3 is 2.23 bits per heavy atom. The van der Waals surface area contributed by atoms with Gasteiger partial charge in [0.15, 0.2) is 0 Å². The zero-order chi connectivity index (χ0) is 21.7. The average Bonchev–Trinajstić information content (AvgIpc) is 2.76. The molecule has 2 aromatic rings. The van der Waals surface area contributed by atoms with Gasteiger partial charge in [-0.3, -0.25) is 9.59 Å². The number of methoxy groups -OCH3 is 2. The van der Waals surface area contributed by atoms with Crippen LogP contribution in [0.1, 0.15) is 39.9 Å². The summed E-state index contributed by atoms with van der Waals surface area (Å²) in [5.41, 5.74) is 3.73. The van der Waals surface area contributed by atoms with Gasteiger partial charge in [-0.1, -0.05) is 17.2 Å². The summed E-state index contributed by atoms with van der Waals surface area (Å²) in [6.45, 7) is 5.49. The van der Waals surface area contributed by atoms with Crippen molar-refractivity contribution >= 4 is 11.8 Å². The minimum absolute atomic E-state index is 0.00293. The van der Waals surface area contributed by atoms with E-state index in [0.717, 1.165) is 29.5 Å². The second-order valence-corrected chi connectivity index (χ2v) is 7.91. The van der Waals surface area contributed by atoms with E-state index in [4.69, 9.17) is 9.47 Å². The van der Waals surface area contributed by atoms with E-state index in [1.54, 1.807) is 25.2 Å². The lowest BCUT2D eigenvalue weighted by molar-refractivity contribution is -0.126. The van der Waals surface area contributed by atoms with Gasteiger partial charge < -0.3 is 19.7 Å². The number of likely N-dealkylation sites (tertiary alicyclic amines) is 1. The van der Waals surface area contributed by atoms with E-state index in [2.05, 4.69) is 11.4 Å². The van der Waals surface area contributed by atoms with Gasteiger partial charge in [0, 0.05) is 31.3 Å². The Kier molecular flexibility index (Phi) is 6.98. The Morgan fingerprint density at radius 2 is 1.63 bits per heavy atom. The van der Waals surface area contributed by atoms with Crippen molar-refractivity contribution in [1.29, 1.82) is 0 Å². The van der Waals surface area contributed by atoms with Crippen molar-refractivity contribution in [1.82, 2.24) is 10.2 Å². The molecule has 1 fully saturated rings. The van der Waals surface area contributed by atoms with Gasteiger partial charge in [0.05, 0.1) is 20.1 Å². The summed E-state index contributed by atoms with van der Waals surface area (Å²) in [5.74, 6) is 1.12. The van der Waals surface area contributed by atoms with Crippen LogP contribution in [0.15, 0.2) is 36.4 Å². The molecule has 0 bridgehead atoms. The molecule has 1 unspecified atom stereocenters. The van der Waals surface area contributed by atoms with E-state index in [-0.39, 0.29) is 17.7 Å². The lowest BCUT2D eigenvalue weighted by atomic mass is 9.96. The van der Waals surface area contributed by atoms with Crippen LogP contribution >= 0.6 is 0 Å². The molecule has 0 aliphatic carbocycles. The van der Waals surface area contributed by atoms with Gasteiger partial charge in [-0.05, 0) is 56.5 Å². The van der Waals surface area contributed by atoms with Crippen molar-refractivity contribution in [2.24, 2.45) is 5.92 Å². The molecule has 1 saturated heterocycles. The number of hydrogen-bond donors (Lipinski definition) is 1. The van der Waals surface area contributed by atoms with Crippen molar-refractivity contribution in [3.63, 3.8) is 0 Å². The fourth-order valence-electron chi connectivity index (χ4n) is 3.96. The molecule has 2 amide bonds. The highest BCUT2D eigenvalue weighted by molar-refractivity contribution is 5.95. The van der Waals surface area contributed by atoms with Crippen LogP contribution < -0.4 is 14.8 Å². The minimum Gasteiger partial charge on any atom is -0.497 e. The van der Waals surface area contributed by atoms with Crippen molar-refractivity contribution in [3.05, 3.63) is 58.7 Å². The number of rotatable bonds is 6. The Balaban J connectivity index is 1.62. The van der Waals surface area contributed by atoms with Gasteiger partial charge >= 0.3 is 0 Å². The van der Waals surface area contributed by atoms with Crippen LogP contribution in [0.4, 0.5) is 0 Å². The molecule has 3 rings (SSSR count). The fourth-order valence-corrected chi connectivity index (χ4v) is 3.96. The van der Waals surface area contributed by atoms with E-state index in [1.165, 1.54) is 0 Å². The smallest absolute Gasteiger partial charge is 0.253 e. The standard InChI is InChI=1S/C24H30N2O4/c1-16-8-17(2)10-20(9-16)24(28)26-7-5-6-19(15-26)23(27)25-14-18-11-21(29-3)13-22(12-18)30-4/h8-13,19H,5-7,14-15H2,1-4H3,(H,25,27). The molecule has 1 aliphatic heterocycles. The molecule has 160 valence electrons. The number of aryl methyl sites for hydroxylation is 2. The van der Waals surface area contributed by atoms with Crippen molar-refractivity contribution < 1.29 is 19.1 Å². The SMILES string of the molecule is COc1cc(CNC(=O)C2CCCN(C(=O)c3cc(C)cc(C)c3)C2)cc(OC)c1. The van der Waals surface area contributed by atoms with Gasteiger partial charge in [-0.15, -0.1) is 0 Å². The van der Waals surface area contributed by atoms with E-state index >= 15 is 0 Å². The zero-order valence-electron chi connectivity index (χ0n) is 18.2. The van der Waals surface area contributed by atoms with Crippen LogP contribution in [-0.2, 0) is 11.3 Å². The zero-order valence-corrected chi connectivity index (χ0v) is 18.2. The molecular weight excluding hydrogens is 380 g/mol. The molecule has 2 aromatic carbocycles. The molecule has 1 N–H and O–H groups in total. The van der Waals surface area contributed by atoms with Crippen LogP contribution in [0.2, 0.25) is 0 Å². The van der Waals surface area contributed by atoms with Crippen LogP contribution in [0.5, 0.6) is 11.5 Å². The summed E-state index contributed by atoms with van der Waals surface area (Å²) in [6.07, 6.45) is 1.60. The summed E-state index contributed by atoms with van der Waals surface area (Å²) in [7, 11) is 3.20. The van der Waals surface area contributed by atoms with E-state index in [9.17, 15) is 9.59 Å². The minimum atomic E-state index is -0.207. The second-order valence-electron chi connectivity index (χ2n) is 7.91. The first-order valence-electron chi connectivity index (χ1n) is 10.3. The number of hydrogen-bond acceptors (Lipinski definition) is 4. The number of nitrogens with one attached hydrogen (secondary N) is 1. The lowest BCUT2D eigenvalue weighted by Crippen LogP contribution is -2.45. The third-order valence-corrected chi connectivity index (χ3v) is 5.43. The monoisotopic (exact) mass is 410 g/mol. The van der Waals surface area contributed by atoms with E-state index in [0.29, 0.717) is 36.7 Å². The summed E-state index contributed by atoms with van der Waals surface area (Å²) in [4.78, 5) is 27.5. The maximum atomic E-state index is 13.0. The third kappa shape index (κ3) is 5.32. The van der Waals surface area contributed by atoms with Crippen molar-refractivity contribution in [2.45, 2.75) is 33.2 Å². The molecule has 1 aliphatic rings. The van der Waals surface area contributed by atoms with Gasteiger partial charge in [0.1, 0.15) is 11.5 Å². The Morgan fingerprint density at radius 1 is 1.00 bits per heavy atom. The maximum Gasteiger partial charge on any atom is 0.253 e. The highest BCUT2D eigenvalue weighted by Gasteiger charge is 2.29. The first kappa shape index (κ1) is 21.7. The maximum absolute atomic E-state index is 13.0. The quantitative estimate of drug-likeness (QED) is 0.792. The Bertz CT molecular complexity index is 883. The first-order valence-corrected chi connectivity index (χ1v) is 10.3. The predicted octanol–water partition coefficient (Wildman–Crippen LogP) is 3.49. The normalized spacial score (nSPS) is 16.1. The van der Waals surface area contributed by atoms with Gasteiger partial charge in [0.25, 0.3) is 5.91 Å². The van der Waals surface area contributed by atoms with Gasteiger partial charge in [-0.25, -0.2) is 0 Å². The molecule has 6 heteroatoms. The number of piperidine rings is 1. The molecule has 30 heavy (non-hydrogen) atoms. The fraction of sp³-hybridized carbons (Fsp3) is 0.417. The van der Waals surface area contributed by atoms with Crippen LogP contribution in [0.25, 0.3) is 0 Å². The highest BCUT2D eigenvalue weighted by atomic mass is 16.5. The van der Waals surface area contributed by atoms with E-state index in [1.807, 2.05) is 38.1 Å². The first-order chi connectivity index (χ1) is 14.4. The van der Waals surface area contributed by atoms with Gasteiger partial charge in [0.2, 0.25) is 5.91 Å². The number of ether oxygens (including phenoxy) is 2. The molecule has 1 heterocycles. The third-order valence-electron chi connectivity index (χ3n) is 5.43. The van der Waals surface area contributed by atoms with Crippen LogP contribution in [0.3, 0.4) is 0 Å². The summed E-state index contributed by atoms with van der Waals surface area (Å²) < 4.78 is 10.6. The summed E-state index contributed by atoms with van der Waals surface area (Å²) in [6, 6.07) is 11.4. The molecule has 0 spiro atoms. The van der Waals surface area contributed by atoms with Crippen LogP contribution in [-0.4, -0.2) is 44.0 Å². The molecular formula is C24H30N2O4. The number of carbonyl (C=O) groups is 2. The van der Waals surface area contributed by atoms with Gasteiger partial charge in [-0.2, -0.15) is 0 Å². The highest BCUT2D eigenvalue weighted by Crippen LogP contribution is 2.23.